The number of carbonyl (C=O) groups excluding carboxylic acids is 2. The molecular weight excluding hydrogens is 326 g/mol. The predicted octanol–water partition coefficient (Wildman–Crippen LogP) is 1.81. The molecule has 0 spiro atoms. The third kappa shape index (κ3) is 3.49. The van der Waals surface area contributed by atoms with Gasteiger partial charge in [-0.15, -0.1) is 0 Å². The Morgan fingerprint density at radius 1 is 1.05 bits per heavy atom. The third-order valence-corrected chi connectivity index (χ3v) is 2.41. The van der Waals surface area contributed by atoms with Crippen LogP contribution in [0.1, 0.15) is 17.4 Å². The summed E-state index contributed by atoms with van der Waals surface area (Å²) in [4.78, 5) is 22.8. The minimum atomic E-state index is -5.29. The minimum absolute atomic E-state index is 0.321. The van der Waals surface area contributed by atoms with Gasteiger partial charge in [-0.05, 0) is 0 Å². The number of nitrogens with zero attached hydrogens (tertiary/aromatic N) is 2. The maximum absolute atomic E-state index is 12.8. The number of aromatic nitrogens is 2. The molecule has 0 aliphatic heterocycles. The zero-order chi connectivity index (χ0) is 17.3. The normalized spacial score (nSPS) is 12.4. The maximum Gasteiger partial charge on any atom is 0.435 e. The average Bonchev–Trinajstić information content (AvgIpc) is 2.83. The second-order valence-corrected chi connectivity index (χ2v) is 3.80. The fraction of sp³-hybridized carbons (Fsp3) is 0.500. The Hall–Kier alpha value is -2.27. The van der Waals surface area contributed by atoms with Crippen molar-refractivity contribution in [3.05, 3.63) is 17.5 Å². The lowest BCUT2D eigenvalue weighted by Crippen LogP contribution is -2.33. The van der Waals surface area contributed by atoms with E-state index in [9.17, 15) is 35.9 Å². The van der Waals surface area contributed by atoms with Crippen molar-refractivity contribution < 1.29 is 45.4 Å². The number of hydrogen-bond acceptors (Lipinski definition) is 5. The van der Waals surface area contributed by atoms with Crippen LogP contribution >= 0.6 is 0 Å². The second-order valence-electron chi connectivity index (χ2n) is 3.80. The zero-order valence-corrected chi connectivity index (χ0v) is 10.9. The van der Waals surface area contributed by atoms with Crippen molar-refractivity contribution in [2.24, 2.45) is 0 Å². The van der Waals surface area contributed by atoms with E-state index in [0.29, 0.717) is 0 Å². The molecule has 12 heteroatoms. The molecule has 0 unspecified atom stereocenters. The van der Waals surface area contributed by atoms with Crippen LogP contribution in [0, 0.1) is 0 Å². The van der Waals surface area contributed by atoms with Crippen LogP contribution in [0.2, 0.25) is 0 Å². The first kappa shape index (κ1) is 17.8. The third-order valence-electron chi connectivity index (χ3n) is 2.41. The number of hydrogen-bond donors (Lipinski definition) is 0. The molecule has 1 heterocycles. The van der Waals surface area contributed by atoms with E-state index < -0.39 is 46.4 Å². The van der Waals surface area contributed by atoms with Gasteiger partial charge in [-0.3, -0.25) is 0 Å². The standard InChI is InChI=1S/C10H8F6N2O4/c1-21-7(19)6(8(20)22-2)18-5(10(14,15)16)3-4(17-18)9(11,12)13/h3,6H,1-2H3. The van der Waals surface area contributed by atoms with E-state index in [4.69, 9.17) is 0 Å². The molecule has 0 aliphatic rings. The molecule has 6 nitrogen and oxygen atoms in total. The molecule has 0 saturated heterocycles. The van der Waals surface area contributed by atoms with E-state index in [-0.39, 0.29) is 6.07 Å². The monoisotopic (exact) mass is 334 g/mol. The van der Waals surface area contributed by atoms with E-state index in [1.54, 1.807) is 0 Å². The number of halogens is 6. The van der Waals surface area contributed by atoms with Crippen molar-refractivity contribution in [1.82, 2.24) is 9.78 Å². The lowest BCUT2D eigenvalue weighted by atomic mass is 10.2. The van der Waals surface area contributed by atoms with Gasteiger partial charge >= 0.3 is 24.3 Å². The molecule has 1 aromatic rings. The molecular formula is C10H8F6N2O4. The summed E-state index contributed by atoms with van der Waals surface area (Å²) in [6.45, 7) is 0. The number of carbonyl (C=O) groups is 2. The molecule has 0 N–H and O–H groups in total. The molecule has 0 radical (unpaired) electrons. The molecule has 0 fully saturated rings. The number of ether oxygens (including phenoxy) is 2. The van der Waals surface area contributed by atoms with Gasteiger partial charge in [-0.1, -0.05) is 0 Å². The van der Waals surface area contributed by atoms with Crippen molar-refractivity contribution in [3.63, 3.8) is 0 Å². The van der Waals surface area contributed by atoms with Gasteiger partial charge in [-0.2, -0.15) is 31.4 Å². The summed E-state index contributed by atoms with van der Waals surface area (Å²) < 4.78 is 83.8. The van der Waals surface area contributed by atoms with Crippen molar-refractivity contribution in [3.8, 4) is 0 Å². The summed E-state index contributed by atoms with van der Waals surface area (Å²) in [6, 6.07) is -2.78. The van der Waals surface area contributed by atoms with Crippen LogP contribution < -0.4 is 0 Å². The summed E-state index contributed by atoms with van der Waals surface area (Å²) in [7, 11) is 1.47. The summed E-state index contributed by atoms with van der Waals surface area (Å²) >= 11 is 0. The average molecular weight is 334 g/mol. The van der Waals surface area contributed by atoms with Crippen LogP contribution in [0.5, 0.6) is 0 Å². The molecule has 0 amide bonds. The lowest BCUT2D eigenvalue weighted by Gasteiger charge is -2.16. The van der Waals surface area contributed by atoms with Crippen molar-refractivity contribution in [2.45, 2.75) is 18.4 Å². The van der Waals surface area contributed by atoms with Gasteiger partial charge < -0.3 is 9.47 Å². The highest BCUT2D eigenvalue weighted by molar-refractivity contribution is 5.97. The zero-order valence-electron chi connectivity index (χ0n) is 10.9. The Bertz CT molecular complexity index is 561. The summed E-state index contributed by atoms with van der Waals surface area (Å²) in [5, 5.41) is 2.66. The first-order chi connectivity index (χ1) is 9.93. The first-order valence-electron chi connectivity index (χ1n) is 5.33. The lowest BCUT2D eigenvalue weighted by molar-refractivity contribution is -0.162. The largest absolute Gasteiger partial charge is 0.467 e. The highest BCUT2D eigenvalue weighted by Gasteiger charge is 2.46. The van der Waals surface area contributed by atoms with E-state index in [2.05, 4.69) is 14.6 Å². The quantitative estimate of drug-likeness (QED) is 0.479. The highest BCUT2D eigenvalue weighted by Crippen LogP contribution is 2.36. The van der Waals surface area contributed by atoms with Crippen LogP contribution in [0.15, 0.2) is 6.07 Å². The van der Waals surface area contributed by atoms with Gasteiger partial charge in [0.15, 0.2) is 5.69 Å². The van der Waals surface area contributed by atoms with Crippen molar-refractivity contribution in [1.29, 1.82) is 0 Å². The van der Waals surface area contributed by atoms with Gasteiger partial charge in [0.25, 0.3) is 0 Å². The fourth-order valence-corrected chi connectivity index (χ4v) is 1.46. The van der Waals surface area contributed by atoms with E-state index in [1.165, 1.54) is 0 Å². The molecule has 124 valence electrons. The van der Waals surface area contributed by atoms with Crippen LogP contribution in [-0.2, 0) is 31.4 Å². The molecule has 0 saturated carbocycles. The van der Waals surface area contributed by atoms with E-state index in [1.807, 2.05) is 0 Å². The van der Waals surface area contributed by atoms with Crippen LogP contribution in [0.4, 0.5) is 26.3 Å². The Balaban J connectivity index is 3.57. The molecule has 1 aromatic heterocycles. The number of methoxy groups -OCH3 is 2. The SMILES string of the molecule is COC(=O)C(C(=O)OC)n1nc(C(F)(F)F)cc1C(F)(F)F. The van der Waals surface area contributed by atoms with Crippen LogP contribution in [0.25, 0.3) is 0 Å². The van der Waals surface area contributed by atoms with Gasteiger partial charge in [0.2, 0.25) is 6.04 Å². The highest BCUT2D eigenvalue weighted by atomic mass is 19.4. The molecule has 1 rings (SSSR count). The Kier molecular flexibility index (Phi) is 4.73. The fourth-order valence-electron chi connectivity index (χ4n) is 1.46. The summed E-state index contributed by atoms with van der Waals surface area (Å²) in [5.74, 6) is -3.12. The molecule has 0 bridgehead atoms. The van der Waals surface area contributed by atoms with Gasteiger partial charge in [0.05, 0.1) is 14.2 Å². The Labute approximate surface area is 118 Å². The number of esters is 2. The molecule has 0 aliphatic carbocycles. The van der Waals surface area contributed by atoms with Gasteiger partial charge in [0.1, 0.15) is 5.69 Å². The first-order valence-corrected chi connectivity index (χ1v) is 5.33. The van der Waals surface area contributed by atoms with Crippen molar-refractivity contribution >= 4 is 11.9 Å². The second kappa shape index (κ2) is 5.85. The van der Waals surface area contributed by atoms with Crippen molar-refractivity contribution in [2.75, 3.05) is 14.2 Å². The van der Waals surface area contributed by atoms with E-state index in [0.717, 1.165) is 14.2 Å². The van der Waals surface area contributed by atoms with Crippen LogP contribution in [-0.4, -0.2) is 35.9 Å². The summed E-state index contributed by atoms with van der Waals surface area (Å²) in [5.41, 5.74) is -3.86. The smallest absolute Gasteiger partial charge is 0.435 e. The Morgan fingerprint density at radius 2 is 1.50 bits per heavy atom. The van der Waals surface area contributed by atoms with Gasteiger partial charge in [0, 0.05) is 6.07 Å². The maximum atomic E-state index is 12.8. The molecule has 0 atom stereocenters. The molecule has 0 aromatic carbocycles. The van der Waals surface area contributed by atoms with E-state index >= 15 is 0 Å². The molecule has 22 heavy (non-hydrogen) atoms. The Morgan fingerprint density at radius 3 is 1.82 bits per heavy atom. The minimum Gasteiger partial charge on any atom is -0.467 e. The summed E-state index contributed by atoms with van der Waals surface area (Å²) in [6.07, 6.45) is -10.5. The number of rotatable bonds is 3. The predicted molar refractivity (Wildman–Crippen MR) is 55.3 cm³/mol. The topological polar surface area (TPSA) is 70.4 Å². The van der Waals surface area contributed by atoms with Crippen LogP contribution in [0.3, 0.4) is 0 Å². The number of alkyl halides is 6. The van der Waals surface area contributed by atoms with Gasteiger partial charge in [-0.25, -0.2) is 14.3 Å².